The van der Waals surface area contributed by atoms with Crippen molar-refractivity contribution in [1.82, 2.24) is 4.31 Å². The highest BCUT2D eigenvalue weighted by molar-refractivity contribution is 7.90. The van der Waals surface area contributed by atoms with Gasteiger partial charge in [-0.05, 0) is 37.3 Å². The van der Waals surface area contributed by atoms with Gasteiger partial charge in [-0.25, -0.2) is 0 Å². The standard InChI is InChI=1S/C15H17ClN2O3S/c1-11-4-7-13(8-5-11)21-15-9-6-12(16)10-14(15)17-22(19,20)18(2)3/h4-10,17H,1-3H3. The third-order valence-electron chi connectivity index (χ3n) is 2.91. The molecular weight excluding hydrogens is 324 g/mol. The van der Waals surface area contributed by atoms with Gasteiger partial charge in [-0.15, -0.1) is 0 Å². The van der Waals surface area contributed by atoms with Crippen molar-refractivity contribution in [3.8, 4) is 11.5 Å². The molecule has 0 aliphatic heterocycles. The van der Waals surface area contributed by atoms with Crippen molar-refractivity contribution >= 4 is 27.5 Å². The van der Waals surface area contributed by atoms with E-state index in [2.05, 4.69) is 4.72 Å². The minimum atomic E-state index is -3.64. The second-order valence-corrected chi connectivity index (χ2v) is 7.27. The number of halogens is 1. The van der Waals surface area contributed by atoms with Crippen molar-refractivity contribution in [2.75, 3.05) is 18.8 Å². The fraction of sp³-hybridized carbons (Fsp3) is 0.200. The van der Waals surface area contributed by atoms with E-state index in [4.69, 9.17) is 16.3 Å². The smallest absolute Gasteiger partial charge is 0.301 e. The number of nitrogens with zero attached hydrogens (tertiary/aromatic N) is 1. The molecule has 0 radical (unpaired) electrons. The summed E-state index contributed by atoms with van der Waals surface area (Å²) in [6, 6.07) is 12.2. The summed E-state index contributed by atoms with van der Waals surface area (Å²) in [5.41, 5.74) is 1.39. The molecule has 1 N–H and O–H groups in total. The number of hydrogen-bond acceptors (Lipinski definition) is 3. The maximum Gasteiger partial charge on any atom is 0.301 e. The van der Waals surface area contributed by atoms with Crippen molar-refractivity contribution in [2.45, 2.75) is 6.92 Å². The number of hydrogen-bond donors (Lipinski definition) is 1. The number of anilines is 1. The van der Waals surface area contributed by atoms with Gasteiger partial charge in [0.2, 0.25) is 0 Å². The zero-order valence-corrected chi connectivity index (χ0v) is 14.1. The minimum Gasteiger partial charge on any atom is -0.455 e. The topological polar surface area (TPSA) is 58.6 Å². The van der Waals surface area contributed by atoms with Gasteiger partial charge < -0.3 is 4.74 Å². The average molecular weight is 341 g/mol. The first-order valence-electron chi connectivity index (χ1n) is 6.52. The molecule has 0 fully saturated rings. The van der Waals surface area contributed by atoms with Gasteiger partial charge in [-0.2, -0.15) is 12.7 Å². The Bertz CT molecular complexity index is 759. The Kier molecular flexibility index (Phi) is 4.95. The number of aryl methyl sites for hydroxylation is 1. The van der Waals surface area contributed by atoms with Crippen LogP contribution >= 0.6 is 11.6 Å². The Morgan fingerprint density at radius 3 is 2.32 bits per heavy atom. The average Bonchev–Trinajstić information content (AvgIpc) is 2.43. The summed E-state index contributed by atoms with van der Waals surface area (Å²) in [6.07, 6.45) is 0. The molecule has 118 valence electrons. The highest BCUT2D eigenvalue weighted by atomic mass is 35.5. The second kappa shape index (κ2) is 6.56. The highest BCUT2D eigenvalue weighted by Gasteiger charge is 2.16. The molecule has 0 saturated heterocycles. The molecule has 0 bridgehead atoms. The summed E-state index contributed by atoms with van der Waals surface area (Å²) >= 11 is 5.95. The van der Waals surface area contributed by atoms with Crippen LogP contribution in [-0.2, 0) is 10.2 Å². The van der Waals surface area contributed by atoms with Gasteiger partial charge in [-0.3, -0.25) is 4.72 Å². The van der Waals surface area contributed by atoms with Crippen LogP contribution in [0.15, 0.2) is 42.5 Å². The monoisotopic (exact) mass is 340 g/mol. The molecule has 2 aromatic rings. The largest absolute Gasteiger partial charge is 0.455 e. The number of ether oxygens (including phenoxy) is 1. The molecule has 0 amide bonds. The van der Waals surface area contributed by atoms with Crippen LogP contribution in [0.1, 0.15) is 5.56 Å². The van der Waals surface area contributed by atoms with Crippen LogP contribution in [0.25, 0.3) is 0 Å². The van der Waals surface area contributed by atoms with Crippen LogP contribution in [0.2, 0.25) is 5.02 Å². The summed E-state index contributed by atoms with van der Waals surface area (Å²) in [5, 5.41) is 0.410. The third-order valence-corrected chi connectivity index (χ3v) is 4.58. The molecule has 0 atom stereocenters. The lowest BCUT2D eigenvalue weighted by molar-refractivity contribution is 0.484. The van der Waals surface area contributed by atoms with Crippen molar-refractivity contribution in [2.24, 2.45) is 0 Å². The van der Waals surface area contributed by atoms with Gasteiger partial charge in [0.1, 0.15) is 5.75 Å². The molecular formula is C15H17ClN2O3S. The Hall–Kier alpha value is -1.76. The lowest BCUT2D eigenvalue weighted by atomic mass is 10.2. The van der Waals surface area contributed by atoms with Crippen LogP contribution in [0.5, 0.6) is 11.5 Å². The minimum absolute atomic E-state index is 0.279. The normalized spacial score (nSPS) is 11.5. The fourth-order valence-electron chi connectivity index (χ4n) is 1.63. The molecule has 0 aromatic heterocycles. The molecule has 0 unspecified atom stereocenters. The van der Waals surface area contributed by atoms with E-state index in [0.29, 0.717) is 16.5 Å². The summed E-state index contributed by atoms with van der Waals surface area (Å²) < 4.78 is 33.2. The second-order valence-electron chi connectivity index (χ2n) is 4.95. The number of benzene rings is 2. The molecule has 2 aromatic carbocycles. The van der Waals surface area contributed by atoms with Crippen molar-refractivity contribution in [3.63, 3.8) is 0 Å². The Balaban J connectivity index is 2.34. The molecule has 2 rings (SSSR count). The predicted octanol–water partition coefficient (Wildman–Crippen LogP) is 3.66. The van der Waals surface area contributed by atoms with E-state index in [1.165, 1.54) is 20.2 Å². The first-order chi connectivity index (χ1) is 10.3. The Morgan fingerprint density at radius 2 is 1.73 bits per heavy atom. The summed E-state index contributed by atoms with van der Waals surface area (Å²) in [5.74, 6) is 0.983. The van der Waals surface area contributed by atoms with Crippen molar-refractivity contribution < 1.29 is 13.2 Å². The van der Waals surface area contributed by atoms with Crippen LogP contribution in [0.4, 0.5) is 5.69 Å². The SMILES string of the molecule is Cc1ccc(Oc2ccc(Cl)cc2NS(=O)(=O)N(C)C)cc1. The molecule has 5 nitrogen and oxygen atoms in total. The van der Waals surface area contributed by atoms with E-state index >= 15 is 0 Å². The van der Waals surface area contributed by atoms with Gasteiger partial charge in [0.05, 0.1) is 5.69 Å². The molecule has 0 aliphatic carbocycles. The molecule has 22 heavy (non-hydrogen) atoms. The molecule has 0 saturated carbocycles. The van der Waals surface area contributed by atoms with E-state index in [1.807, 2.05) is 31.2 Å². The van der Waals surface area contributed by atoms with E-state index < -0.39 is 10.2 Å². The summed E-state index contributed by atoms with van der Waals surface area (Å²) in [7, 11) is -0.769. The van der Waals surface area contributed by atoms with E-state index in [0.717, 1.165) is 9.87 Å². The van der Waals surface area contributed by atoms with Crippen molar-refractivity contribution in [3.05, 3.63) is 53.1 Å². The number of rotatable bonds is 5. The van der Waals surface area contributed by atoms with Crippen LogP contribution in [0.3, 0.4) is 0 Å². The van der Waals surface area contributed by atoms with Gasteiger partial charge in [0.25, 0.3) is 0 Å². The molecule has 7 heteroatoms. The van der Waals surface area contributed by atoms with E-state index in [1.54, 1.807) is 12.1 Å². The van der Waals surface area contributed by atoms with Gasteiger partial charge >= 0.3 is 10.2 Å². The van der Waals surface area contributed by atoms with Gasteiger partial charge in [-0.1, -0.05) is 29.3 Å². The van der Waals surface area contributed by atoms with Crippen molar-refractivity contribution in [1.29, 1.82) is 0 Å². The summed E-state index contributed by atoms with van der Waals surface area (Å²) in [6.45, 7) is 1.97. The summed E-state index contributed by atoms with van der Waals surface area (Å²) in [4.78, 5) is 0. The lowest BCUT2D eigenvalue weighted by Gasteiger charge is -2.16. The highest BCUT2D eigenvalue weighted by Crippen LogP contribution is 2.33. The Labute approximate surface area is 135 Å². The fourth-order valence-corrected chi connectivity index (χ4v) is 2.43. The van der Waals surface area contributed by atoms with Gasteiger partial charge in [0.15, 0.2) is 5.75 Å². The van der Waals surface area contributed by atoms with Gasteiger partial charge in [0, 0.05) is 19.1 Å². The molecule has 0 heterocycles. The van der Waals surface area contributed by atoms with E-state index in [9.17, 15) is 8.42 Å². The zero-order valence-electron chi connectivity index (χ0n) is 12.5. The first-order valence-corrected chi connectivity index (χ1v) is 8.34. The third kappa shape index (κ3) is 4.13. The lowest BCUT2D eigenvalue weighted by Crippen LogP contribution is -2.29. The maximum atomic E-state index is 12.0. The first kappa shape index (κ1) is 16.6. The zero-order chi connectivity index (χ0) is 16.3. The Morgan fingerprint density at radius 1 is 1.09 bits per heavy atom. The quantitative estimate of drug-likeness (QED) is 0.903. The van der Waals surface area contributed by atoms with E-state index in [-0.39, 0.29) is 5.69 Å². The van der Waals surface area contributed by atoms with Crippen LogP contribution < -0.4 is 9.46 Å². The van der Waals surface area contributed by atoms with Crippen LogP contribution in [0, 0.1) is 6.92 Å². The maximum absolute atomic E-state index is 12.0. The molecule has 0 spiro atoms. The molecule has 0 aliphatic rings. The van der Waals surface area contributed by atoms with Crippen LogP contribution in [-0.4, -0.2) is 26.8 Å². The number of nitrogens with one attached hydrogen (secondary N) is 1. The predicted molar refractivity (Wildman–Crippen MR) is 88.9 cm³/mol.